The molecule has 168 valence electrons. The van der Waals surface area contributed by atoms with Crippen LogP contribution in [0.15, 0.2) is 78.6 Å². The summed E-state index contributed by atoms with van der Waals surface area (Å²) in [5, 5.41) is 10.9. The lowest BCUT2D eigenvalue weighted by Crippen LogP contribution is -2.29. The van der Waals surface area contributed by atoms with Gasteiger partial charge < -0.3 is 10.0 Å². The topological polar surface area (TPSA) is 70.5 Å². The molecule has 1 N–H and O–H groups in total. The molecule has 1 amide bonds. The molecule has 0 aliphatic carbocycles. The lowest BCUT2D eigenvalue weighted by atomic mass is 9.96. The van der Waals surface area contributed by atoms with Crippen molar-refractivity contribution in [3.05, 3.63) is 107 Å². The highest BCUT2D eigenvalue weighted by atomic mass is 19.4. The van der Waals surface area contributed by atoms with Crippen molar-refractivity contribution in [1.29, 1.82) is 0 Å². The van der Waals surface area contributed by atoms with Crippen LogP contribution in [-0.2, 0) is 22.3 Å². The zero-order valence-corrected chi connectivity index (χ0v) is 16.9. The summed E-state index contributed by atoms with van der Waals surface area (Å²) in [6, 6.07) is 11.2. The van der Waals surface area contributed by atoms with Gasteiger partial charge in [-0.05, 0) is 53.6 Å². The number of benzene rings is 2. The number of halogens is 4. The Morgan fingerprint density at radius 2 is 1.76 bits per heavy atom. The van der Waals surface area contributed by atoms with E-state index in [2.05, 4.69) is 4.98 Å². The largest absolute Gasteiger partial charge is 0.507 e. The Kier molecular flexibility index (Phi) is 5.71. The van der Waals surface area contributed by atoms with E-state index in [1.165, 1.54) is 36.7 Å². The minimum atomic E-state index is -4.57. The van der Waals surface area contributed by atoms with Gasteiger partial charge in [0.25, 0.3) is 11.7 Å². The molecule has 0 radical (unpaired) electrons. The molecule has 1 aromatic heterocycles. The number of Topliss-reactive ketones (excluding diaryl/α,β-unsaturated/α-hetero) is 1. The lowest BCUT2D eigenvalue weighted by Gasteiger charge is -2.25. The molecule has 0 bridgehead atoms. The van der Waals surface area contributed by atoms with Crippen molar-refractivity contribution in [3.63, 3.8) is 0 Å². The average Bonchev–Trinajstić information content (AvgIpc) is 3.04. The molecule has 9 heteroatoms. The molecule has 1 unspecified atom stereocenters. The summed E-state index contributed by atoms with van der Waals surface area (Å²) in [6.07, 6.45) is -1.70. The van der Waals surface area contributed by atoms with Crippen molar-refractivity contribution >= 4 is 17.4 Å². The minimum Gasteiger partial charge on any atom is -0.507 e. The number of aromatic nitrogens is 1. The zero-order chi connectivity index (χ0) is 23.8. The number of carbonyl (C=O) groups is 2. The maximum absolute atomic E-state index is 13.3. The molecular formula is C24H16F4N2O3. The van der Waals surface area contributed by atoms with Crippen molar-refractivity contribution in [3.8, 4) is 0 Å². The first-order chi connectivity index (χ1) is 15.7. The molecule has 1 aliphatic rings. The number of pyridine rings is 1. The summed E-state index contributed by atoms with van der Waals surface area (Å²) in [7, 11) is 0. The van der Waals surface area contributed by atoms with Gasteiger partial charge in [-0.1, -0.05) is 18.2 Å². The summed E-state index contributed by atoms with van der Waals surface area (Å²) in [5.74, 6) is -3.06. The van der Waals surface area contributed by atoms with Crippen LogP contribution in [0.4, 0.5) is 17.6 Å². The van der Waals surface area contributed by atoms with Crippen LogP contribution in [0, 0.1) is 5.82 Å². The third-order valence-electron chi connectivity index (χ3n) is 5.26. The fraction of sp³-hybridized carbons (Fsp3) is 0.125. The van der Waals surface area contributed by atoms with Crippen LogP contribution in [0.2, 0.25) is 0 Å². The molecule has 1 atom stereocenters. The first-order valence-electron chi connectivity index (χ1n) is 9.77. The van der Waals surface area contributed by atoms with E-state index in [-0.39, 0.29) is 23.2 Å². The summed E-state index contributed by atoms with van der Waals surface area (Å²) in [4.78, 5) is 30.9. The van der Waals surface area contributed by atoms with Crippen LogP contribution in [0.1, 0.15) is 28.3 Å². The van der Waals surface area contributed by atoms with Crippen molar-refractivity contribution in [2.24, 2.45) is 0 Å². The third-order valence-corrected chi connectivity index (χ3v) is 5.26. The number of rotatable bonds is 4. The molecule has 33 heavy (non-hydrogen) atoms. The van der Waals surface area contributed by atoms with Crippen molar-refractivity contribution in [2.45, 2.75) is 18.8 Å². The van der Waals surface area contributed by atoms with E-state index in [0.29, 0.717) is 5.56 Å². The number of aliphatic hydroxyl groups excluding tert-OH is 1. The summed E-state index contributed by atoms with van der Waals surface area (Å²) in [5.41, 5.74) is -0.496. The summed E-state index contributed by atoms with van der Waals surface area (Å²) >= 11 is 0. The Hall–Kier alpha value is -4.01. The maximum Gasteiger partial charge on any atom is 0.416 e. The van der Waals surface area contributed by atoms with Gasteiger partial charge in [0, 0.05) is 24.5 Å². The fourth-order valence-corrected chi connectivity index (χ4v) is 3.73. The van der Waals surface area contributed by atoms with Gasteiger partial charge in [-0.25, -0.2) is 4.39 Å². The van der Waals surface area contributed by atoms with Gasteiger partial charge in [-0.2, -0.15) is 13.2 Å². The number of nitrogens with zero attached hydrogens (tertiary/aromatic N) is 2. The standard InChI is InChI=1S/C24H16F4N2O3/c25-18-8-6-15(7-9-18)21(31)19-20(16-4-2-10-29-12-16)30(23(33)22(19)32)13-14-3-1-5-17(11-14)24(26,27)28/h1-12,20,31H,13H2/b21-19+. The van der Waals surface area contributed by atoms with Gasteiger partial charge in [-0.3, -0.25) is 14.6 Å². The van der Waals surface area contributed by atoms with Gasteiger partial charge in [0.1, 0.15) is 11.6 Å². The maximum atomic E-state index is 13.3. The van der Waals surface area contributed by atoms with E-state index in [4.69, 9.17) is 0 Å². The molecule has 1 fully saturated rings. The Balaban J connectivity index is 1.82. The first kappa shape index (κ1) is 22.2. The van der Waals surface area contributed by atoms with Crippen molar-refractivity contribution in [1.82, 2.24) is 9.88 Å². The van der Waals surface area contributed by atoms with E-state index in [0.717, 1.165) is 29.2 Å². The highest BCUT2D eigenvalue weighted by Gasteiger charge is 2.46. The fourth-order valence-electron chi connectivity index (χ4n) is 3.73. The smallest absolute Gasteiger partial charge is 0.416 e. The van der Waals surface area contributed by atoms with Crippen LogP contribution in [0.5, 0.6) is 0 Å². The Morgan fingerprint density at radius 3 is 2.39 bits per heavy atom. The third kappa shape index (κ3) is 4.34. The molecule has 1 aliphatic heterocycles. The summed E-state index contributed by atoms with van der Waals surface area (Å²) < 4.78 is 52.7. The van der Waals surface area contributed by atoms with Crippen molar-refractivity contribution < 1.29 is 32.3 Å². The van der Waals surface area contributed by atoms with Crippen LogP contribution in [0.3, 0.4) is 0 Å². The number of amides is 1. The predicted octanol–water partition coefficient (Wildman–Crippen LogP) is 4.86. The van der Waals surface area contributed by atoms with Crippen LogP contribution in [-0.4, -0.2) is 26.7 Å². The number of hydrogen-bond acceptors (Lipinski definition) is 4. The monoisotopic (exact) mass is 456 g/mol. The molecule has 2 aromatic carbocycles. The van der Waals surface area contributed by atoms with Crippen molar-refractivity contribution in [2.75, 3.05) is 0 Å². The van der Waals surface area contributed by atoms with Crippen LogP contribution in [0.25, 0.3) is 5.76 Å². The number of aliphatic hydroxyl groups is 1. The second-order valence-corrected chi connectivity index (χ2v) is 7.42. The number of ketones is 1. The van der Waals surface area contributed by atoms with Gasteiger partial charge in [0.15, 0.2) is 0 Å². The molecule has 1 saturated heterocycles. The molecule has 0 spiro atoms. The normalized spacial score (nSPS) is 18.1. The Labute approximate surface area is 185 Å². The molecule has 0 saturated carbocycles. The van der Waals surface area contributed by atoms with E-state index in [1.54, 1.807) is 12.1 Å². The number of hydrogen-bond donors (Lipinski definition) is 1. The first-order valence-corrected chi connectivity index (χ1v) is 9.77. The molecular weight excluding hydrogens is 440 g/mol. The SMILES string of the molecule is O=C1C(=O)N(Cc2cccc(C(F)(F)F)c2)C(c2cccnc2)/C1=C(\O)c1ccc(F)cc1. The second-order valence-electron chi connectivity index (χ2n) is 7.42. The minimum absolute atomic E-state index is 0.113. The number of carbonyl (C=O) groups excluding carboxylic acids is 2. The van der Waals surface area contributed by atoms with Gasteiger partial charge >= 0.3 is 6.18 Å². The number of likely N-dealkylation sites (tertiary alicyclic amines) is 1. The quantitative estimate of drug-likeness (QED) is 0.264. The Morgan fingerprint density at radius 1 is 1.03 bits per heavy atom. The van der Waals surface area contributed by atoms with E-state index < -0.39 is 41.0 Å². The van der Waals surface area contributed by atoms with Crippen LogP contribution >= 0.6 is 0 Å². The van der Waals surface area contributed by atoms with Gasteiger partial charge in [-0.15, -0.1) is 0 Å². The average molecular weight is 456 g/mol. The molecule has 2 heterocycles. The Bertz CT molecular complexity index is 1240. The summed E-state index contributed by atoms with van der Waals surface area (Å²) in [6.45, 7) is -0.311. The van der Waals surface area contributed by atoms with Gasteiger partial charge in [0.2, 0.25) is 0 Å². The molecule has 5 nitrogen and oxygen atoms in total. The van der Waals surface area contributed by atoms with Gasteiger partial charge in [0.05, 0.1) is 17.2 Å². The zero-order valence-electron chi connectivity index (χ0n) is 16.9. The predicted molar refractivity (Wildman–Crippen MR) is 110 cm³/mol. The highest BCUT2D eigenvalue weighted by Crippen LogP contribution is 2.40. The number of alkyl halides is 3. The van der Waals surface area contributed by atoms with E-state index in [9.17, 15) is 32.3 Å². The van der Waals surface area contributed by atoms with E-state index >= 15 is 0 Å². The second kappa shape index (κ2) is 8.50. The molecule has 3 aromatic rings. The van der Waals surface area contributed by atoms with Crippen LogP contribution < -0.4 is 0 Å². The lowest BCUT2D eigenvalue weighted by molar-refractivity contribution is -0.140. The molecule has 4 rings (SSSR count). The highest BCUT2D eigenvalue weighted by molar-refractivity contribution is 6.46. The van der Waals surface area contributed by atoms with E-state index in [1.807, 2.05) is 0 Å².